The van der Waals surface area contributed by atoms with Crippen LogP contribution in [0.5, 0.6) is 0 Å². The first-order valence-electron chi connectivity index (χ1n) is 8.72. The van der Waals surface area contributed by atoms with Crippen LogP contribution >= 0.6 is 22.7 Å². The van der Waals surface area contributed by atoms with Gasteiger partial charge in [0.1, 0.15) is 10.7 Å². The lowest BCUT2D eigenvalue weighted by molar-refractivity contribution is 0.0526. The molecule has 0 spiro atoms. The number of thiazole rings is 1. The summed E-state index contributed by atoms with van der Waals surface area (Å²) in [6.07, 6.45) is 2.49. The molecule has 27 heavy (non-hydrogen) atoms. The number of aryl methyl sites for hydroxylation is 1. The maximum atomic E-state index is 12.8. The van der Waals surface area contributed by atoms with Gasteiger partial charge in [0.2, 0.25) is 0 Å². The molecule has 7 nitrogen and oxygen atoms in total. The van der Waals surface area contributed by atoms with Gasteiger partial charge in [0, 0.05) is 35.2 Å². The molecule has 9 heteroatoms. The summed E-state index contributed by atoms with van der Waals surface area (Å²) in [5.74, 6) is -0.695. The van der Waals surface area contributed by atoms with Crippen molar-refractivity contribution in [3.8, 4) is 0 Å². The first-order chi connectivity index (χ1) is 13.0. The molecule has 3 aromatic rings. The van der Waals surface area contributed by atoms with E-state index in [1.165, 1.54) is 22.7 Å². The van der Waals surface area contributed by atoms with E-state index in [1.54, 1.807) is 13.1 Å². The molecule has 0 aromatic carbocycles. The van der Waals surface area contributed by atoms with Crippen molar-refractivity contribution < 1.29 is 14.3 Å². The number of carbonyl (C=O) groups is 2. The summed E-state index contributed by atoms with van der Waals surface area (Å²) in [6.45, 7) is 5.69. The SMILES string of the molecule is CCOC(=O)c1c(NC(=O)c2cn3c(C)csc3n2)sc2c1CCN(C)C2. The van der Waals surface area contributed by atoms with Crippen molar-refractivity contribution in [3.05, 3.63) is 39.0 Å². The number of likely N-dealkylation sites (N-methyl/N-ethyl adjacent to an activating group) is 1. The van der Waals surface area contributed by atoms with Crippen LogP contribution in [0.2, 0.25) is 0 Å². The second kappa shape index (κ2) is 7.06. The fourth-order valence-electron chi connectivity index (χ4n) is 3.21. The third-order valence-electron chi connectivity index (χ3n) is 4.58. The fourth-order valence-corrected chi connectivity index (χ4v) is 5.37. The van der Waals surface area contributed by atoms with Crippen molar-refractivity contribution in [2.45, 2.75) is 26.8 Å². The summed E-state index contributed by atoms with van der Waals surface area (Å²) in [5, 5.41) is 5.44. The molecule has 0 saturated carbocycles. The minimum Gasteiger partial charge on any atom is -0.462 e. The zero-order chi connectivity index (χ0) is 19.1. The summed E-state index contributed by atoms with van der Waals surface area (Å²) in [7, 11) is 2.05. The summed E-state index contributed by atoms with van der Waals surface area (Å²) in [4.78, 5) is 33.8. The predicted octanol–water partition coefficient (Wildman–Crippen LogP) is 3.18. The fraction of sp³-hybridized carbons (Fsp3) is 0.389. The second-order valence-corrected chi connectivity index (χ2v) is 8.47. The standard InChI is InChI=1S/C18H20N4O3S2/c1-4-25-17(24)14-11-5-6-21(3)8-13(11)27-16(14)20-15(23)12-7-22-10(2)9-26-18(22)19-12/h7,9H,4-6,8H2,1-3H3,(H,20,23). The van der Waals surface area contributed by atoms with Crippen LogP contribution in [0.3, 0.4) is 0 Å². The van der Waals surface area contributed by atoms with Crippen molar-refractivity contribution in [1.29, 1.82) is 0 Å². The Bertz CT molecular complexity index is 1030. The quantitative estimate of drug-likeness (QED) is 0.676. The van der Waals surface area contributed by atoms with Gasteiger partial charge in [-0.2, -0.15) is 0 Å². The van der Waals surface area contributed by atoms with Crippen molar-refractivity contribution in [3.63, 3.8) is 0 Å². The van der Waals surface area contributed by atoms with Gasteiger partial charge in [-0.25, -0.2) is 9.78 Å². The van der Waals surface area contributed by atoms with E-state index < -0.39 is 0 Å². The van der Waals surface area contributed by atoms with Gasteiger partial charge in [-0.15, -0.1) is 22.7 Å². The lowest BCUT2D eigenvalue weighted by atomic mass is 10.0. The van der Waals surface area contributed by atoms with Crippen molar-refractivity contribution in [2.24, 2.45) is 0 Å². The summed E-state index contributed by atoms with van der Waals surface area (Å²) < 4.78 is 7.13. The van der Waals surface area contributed by atoms with Crippen molar-refractivity contribution in [2.75, 3.05) is 25.5 Å². The Balaban J connectivity index is 1.67. The first-order valence-corrected chi connectivity index (χ1v) is 10.4. The topological polar surface area (TPSA) is 75.9 Å². The zero-order valence-corrected chi connectivity index (χ0v) is 17.0. The number of imidazole rings is 1. The molecule has 1 aliphatic heterocycles. The van der Waals surface area contributed by atoms with Gasteiger partial charge in [-0.3, -0.25) is 9.20 Å². The van der Waals surface area contributed by atoms with Crippen molar-refractivity contribution >= 4 is 44.5 Å². The number of esters is 1. The smallest absolute Gasteiger partial charge is 0.341 e. The van der Waals surface area contributed by atoms with Gasteiger partial charge in [0.15, 0.2) is 4.96 Å². The van der Waals surface area contributed by atoms with Crippen LogP contribution in [0.4, 0.5) is 5.00 Å². The Morgan fingerprint density at radius 3 is 2.96 bits per heavy atom. The van der Waals surface area contributed by atoms with Crippen LogP contribution in [-0.2, 0) is 17.7 Å². The highest BCUT2D eigenvalue weighted by Gasteiger charge is 2.29. The van der Waals surface area contributed by atoms with Crippen LogP contribution in [0.15, 0.2) is 11.6 Å². The van der Waals surface area contributed by atoms with Gasteiger partial charge in [0.05, 0.1) is 12.2 Å². The van der Waals surface area contributed by atoms with Gasteiger partial charge in [0.25, 0.3) is 5.91 Å². The number of nitrogens with zero attached hydrogens (tertiary/aromatic N) is 3. The van der Waals surface area contributed by atoms with E-state index in [0.717, 1.165) is 40.6 Å². The van der Waals surface area contributed by atoms with Gasteiger partial charge in [-0.05, 0) is 32.9 Å². The van der Waals surface area contributed by atoms with E-state index in [4.69, 9.17) is 4.74 Å². The molecule has 0 aliphatic carbocycles. The number of fused-ring (bicyclic) bond motifs is 2. The normalized spacial score (nSPS) is 14.3. The number of aromatic nitrogens is 2. The van der Waals surface area contributed by atoms with E-state index in [2.05, 4.69) is 15.2 Å². The van der Waals surface area contributed by atoms with Gasteiger partial charge < -0.3 is 15.0 Å². The number of thiophene rings is 1. The van der Waals surface area contributed by atoms with Crippen LogP contribution in [0.25, 0.3) is 4.96 Å². The van der Waals surface area contributed by atoms with E-state index >= 15 is 0 Å². The molecule has 4 heterocycles. The summed E-state index contributed by atoms with van der Waals surface area (Å²) >= 11 is 2.94. The number of ether oxygens (including phenoxy) is 1. The van der Waals surface area contributed by atoms with Crippen LogP contribution in [0, 0.1) is 6.92 Å². The number of rotatable bonds is 4. The minimum atomic E-state index is -0.378. The third kappa shape index (κ3) is 3.26. The zero-order valence-electron chi connectivity index (χ0n) is 15.4. The van der Waals surface area contributed by atoms with Crippen molar-refractivity contribution in [1.82, 2.24) is 14.3 Å². The molecule has 1 amide bonds. The maximum absolute atomic E-state index is 12.8. The molecule has 0 radical (unpaired) electrons. The van der Waals surface area contributed by atoms with E-state index in [-0.39, 0.29) is 11.9 Å². The molecule has 0 atom stereocenters. The monoisotopic (exact) mass is 404 g/mol. The molecule has 0 unspecified atom stereocenters. The number of hydrogen-bond donors (Lipinski definition) is 1. The lowest BCUT2D eigenvalue weighted by Gasteiger charge is -2.22. The first kappa shape index (κ1) is 18.1. The molecular formula is C18H20N4O3S2. The number of amides is 1. The number of carbonyl (C=O) groups excluding carboxylic acids is 2. The van der Waals surface area contributed by atoms with E-state index in [9.17, 15) is 9.59 Å². The highest BCUT2D eigenvalue weighted by atomic mass is 32.1. The molecule has 0 saturated heterocycles. The number of hydrogen-bond acceptors (Lipinski definition) is 7. The van der Waals surface area contributed by atoms with Crippen LogP contribution in [0.1, 0.15) is 43.9 Å². The Labute approximate surface area is 164 Å². The van der Waals surface area contributed by atoms with Gasteiger partial charge in [-0.1, -0.05) is 0 Å². The number of nitrogens with one attached hydrogen (secondary N) is 1. The predicted molar refractivity (Wildman–Crippen MR) is 106 cm³/mol. The summed E-state index contributed by atoms with van der Waals surface area (Å²) in [5.41, 5.74) is 2.86. The molecule has 142 valence electrons. The number of anilines is 1. The maximum Gasteiger partial charge on any atom is 0.341 e. The Morgan fingerprint density at radius 2 is 2.22 bits per heavy atom. The highest BCUT2D eigenvalue weighted by Crippen LogP contribution is 2.37. The van der Waals surface area contributed by atoms with Crippen LogP contribution < -0.4 is 5.32 Å². The molecule has 1 N–H and O–H groups in total. The van der Waals surface area contributed by atoms with E-state index in [1.807, 2.05) is 23.8 Å². The Kier molecular flexibility index (Phi) is 4.75. The molecular weight excluding hydrogens is 384 g/mol. The largest absolute Gasteiger partial charge is 0.462 e. The average Bonchev–Trinajstić information content (AvgIpc) is 3.28. The summed E-state index contributed by atoms with van der Waals surface area (Å²) in [6, 6.07) is 0. The molecule has 3 aromatic heterocycles. The second-order valence-electron chi connectivity index (χ2n) is 6.53. The van der Waals surface area contributed by atoms with Gasteiger partial charge >= 0.3 is 5.97 Å². The Morgan fingerprint density at radius 1 is 1.41 bits per heavy atom. The lowest BCUT2D eigenvalue weighted by Crippen LogP contribution is -2.26. The molecule has 0 fully saturated rings. The minimum absolute atomic E-state index is 0.299. The third-order valence-corrected chi connectivity index (χ3v) is 6.67. The molecule has 4 rings (SSSR count). The van der Waals surface area contributed by atoms with E-state index in [0.29, 0.717) is 22.9 Å². The molecule has 0 bridgehead atoms. The molecule has 1 aliphatic rings. The highest BCUT2D eigenvalue weighted by molar-refractivity contribution is 7.17. The Hall–Kier alpha value is -2.23. The average molecular weight is 405 g/mol. The van der Waals surface area contributed by atoms with Crippen LogP contribution in [-0.4, -0.2) is 46.4 Å².